The van der Waals surface area contributed by atoms with Crippen LogP contribution in [-0.4, -0.2) is 32.8 Å². The predicted molar refractivity (Wildman–Crippen MR) is 80.0 cm³/mol. The Balaban J connectivity index is 1.38. The molecule has 2 aromatic rings. The largest absolute Gasteiger partial charge is 0.295 e. The van der Waals surface area contributed by atoms with E-state index in [1.54, 1.807) is 6.20 Å². The lowest BCUT2D eigenvalue weighted by atomic mass is 10.3. The Bertz CT molecular complexity index is 678. The second kappa shape index (κ2) is 5.24. The summed E-state index contributed by atoms with van der Waals surface area (Å²) in [7, 11) is 0. The number of nitrogens with zero attached hydrogens (tertiary/aromatic N) is 5. The molecular weight excluding hydrogens is 282 g/mol. The van der Waals surface area contributed by atoms with Crippen molar-refractivity contribution >= 4 is 11.3 Å². The van der Waals surface area contributed by atoms with E-state index in [0.717, 1.165) is 32.0 Å². The van der Waals surface area contributed by atoms with Gasteiger partial charge in [-0.15, -0.1) is 11.3 Å². The number of likely N-dealkylation sites (tertiary alicyclic amines) is 1. The molecule has 0 bridgehead atoms. The SMILES string of the molecule is N#Cc1cnn(C2CCN(Cc3csc(C4CC4)n3)C2)c1. The molecule has 3 heterocycles. The molecule has 0 spiro atoms. The number of aromatic nitrogens is 3. The van der Waals surface area contributed by atoms with Crippen LogP contribution in [-0.2, 0) is 6.54 Å². The molecule has 2 aliphatic rings. The molecule has 1 unspecified atom stereocenters. The molecule has 0 N–H and O–H groups in total. The highest BCUT2D eigenvalue weighted by atomic mass is 32.1. The van der Waals surface area contributed by atoms with Crippen LogP contribution in [0.25, 0.3) is 0 Å². The zero-order valence-electron chi connectivity index (χ0n) is 11.8. The van der Waals surface area contributed by atoms with Crippen LogP contribution in [0.3, 0.4) is 0 Å². The monoisotopic (exact) mass is 299 g/mol. The molecule has 6 heteroatoms. The second-order valence-corrected chi connectivity index (χ2v) is 6.84. The summed E-state index contributed by atoms with van der Waals surface area (Å²) in [5.74, 6) is 0.753. The van der Waals surface area contributed by atoms with Gasteiger partial charge in [0.1, 0.15) is 6.07 Å². The first-order chi connectivity index (χ1) is 10.3. The van der Waals surface area contributed by atoms with Crippen molar-refractivity contribution < 1.29 is 0 Å². The lowest BCUT2D eigenvalue weighted by Crippen LogP contribution is -2.21. The lowest BCUT2D eigenvalue weighted by Gasteiger charge is -2.14. The van der Waals surface area contributed by atoms with Crippen molar-refractivity contribution in [1.29, 1.82) is 5.26 Å². The van der Waals surface area contributed by atoms with E-state index in [1.807, 2.05) is 22.2 Å². The molecule has 1 aliphatic carbocycles. The fourth-order valence-corrected chi connectivity index (χ4v) is 3.89. The Morgan fingerprint density at radius 1 is 1.38 bits per heavy atom. The molecule has 0 aromatic carbocycles. The van der Waals surface area contributed by atoms with Gasteiger partial charge in [-0.1, -0.05) is 0 Å². The minimum Gasteiger partial charge on any atom is -0.295 e. The molecule has 1 aliphatic heterocycles. The van der Waals surface area contributed by atoms with Gasteiger partial charge in [-0.3, -0.25) is 9.58 Å². The molecule has 4 rings (SSSR count). The van der Waals surface area contributed by atoms with Gasteiger partial charge in [-0.25, -0.2) is 4.98 Å². The maximum Gasteiger partial charge on any atom is 0.102 e. The highest BCUT2D eigenvalue weighted by Gasteiger charge is 2.28. The van der Waals surface area contributed by atoms with Crippen LogP contribution < -0.4 is 0 Å². The standard InChI is InChI=1S/C15H17N5S/c16-5-11-6-17-20(7-11)14-3-4-19(9-14)8-13-10-21-15(18-13)12-1-2-12/h6-7,10,12,14H,1-4,8-9H2. The third-order valence-corrected chi connectivity index (χ3v) is 5.29. The van der Waals surface area contributed by atoms with Gasteiger partial charge in [-0.05, 0) is 19.3 Å². The van der Waals surface area contributed by atoms with Crippen molar-refractivity contribution in [2.75, 3.05) is 13.1 Å². The van der Waals surface area contributed by atoms with Crippen LogP contribution in [0.4, 0.5) is 0 Å². The molecule has 2 fully saturated rings. The highest BCUT2D eigenvalue weighted by Crippen LogP contribution is 2.41. The molecule has 108 valence electrons. The van der Waals surface area contributed by atoms with Gasteiger partial charge in [-0.2, -0.15) is 10.4 Å². The quantitative estimate of drug-likeness (QED) is 0.870. The molecule has 21 heavy (non-hydrogen) atoms. The van der Waals surface area contributed by atoms with Crippen LogP contribution in [0, 0.1) is 11.3 Å². The number of rotatable bonds is 4. The predicted octanol–water partition coefficient (Wildman–Crippen LogP) is 2.54. The molecule has 2 aromatic heterocycles. The first kappa shape index (κ1) is 13.0. The minimum atomic E-state index is 0.383. The van der Waals surface area contributed by atoms with E-state index in [-0.39, 0.29) is 0 Å². The molecule has 0 amide bonds. The third kappa shape index (κ3) is 2.71. The minimum absolute atomic E-state index is 0.383. The third-order valence-electron chi connectivity index (χ3n) is 4.23. The van der Waals surface area contributed by atoms with Crippen LogP contribution in [0.5, 0.6) is 0 Å². The Hall–Kier alpha value is -1.71. The lowest BCUT2D eigenvalue weighted by molar-refractivity contribution is 0.308. The highest BCUT2D eigenvalue weighted by molar-refractivity contribution is 7.09. The zero-order chi connectivity index (χ0) is 14.2. The summed E-state index contributed by atoms with van der Waals surface area (Å²) in [5, 5.41) is 16.7. The molecule has 1 saturated carbocycles. The van der Waals surface area contributed by atoms with Gasteiger partial charge in [0.2, 0.25) is 0 Å². The Morgan fingerprint density at radius 2 is 2.29 bits per heavy atom. The van der Waals surface area contributed by atoms with Crippen molar-refractivity contribution in [1.82, 2.24) is 19.7 Å². The first-order valence-corrected chi connectivity index (χ1v) is 8.30. The van der Waals surface area contributed by atoms with E-state index in [1.165, 1.54) is 23.5 Å². The maximum absolute atomic E-state index is 8.87. The molecule has 1 atom stereocenters. The number of hydrogen-bond acceptors (Lipinski definition) is 5. The van der Waals surface area contributed by atoms with Crippen molar-refractivity contribution in [3.05, 3.63) is 34.0 Å². The summed E-state index contributed by atoms with van der Waals surface area (Å²) in [4.78, 5) is 7.20. The van der Waals surface area contributed by atoms with Crippen LogP contribution in [0.1, 0.15) is 47.5 Å². The molecule has 5 nitrogen and oxygen atoms in total. The molecular formula is C15H17N5S. The van der Waals surface area contributed by atoms with Crippen LogP contribution in [0.15, 0.2) is 17.8 Å². The summed E-state index contributed by atoms with van der Waals surface area (Å²) in [5.41, 5.74) is 1.85. The van der Waals surface area contributed by atoms with Gasteiger partial charge in [0.25, 0.3) is 0 Å². The normalized spacial score (nSPS) is 22.5. The van der Waals surface area contributed by atoms with Crippen molar-refractivity contribution in [3.8, 4) is 6.07 Å². The van der Waals surface area contributed by atoms with Crippen LogP contribution >= 0.6 is 11.3 Å². The Labute approximate surface area is 127 Å². The van der Waals surface area contributed by atoms with Crippen LogP contribution in [0.2, 0.25) is 0 Å². The van der Waals surface area contributed by atoms with Gasteiger partial charge >= 0.3 is 0 Å². The second-order valence-electron chi connectivity index (χ2n) is 5.95. The average molecular weight is 299 g/mol. The van der Waals surface area contributed by atoms with Gasteiger partial charge in [0.15, 0.2) is 0 Å². The van der Waals surface area contributed by atoms with E-state index in [9.17, 15) is 0 Å². The summed E-state index contributed by atoms with van der Waals surface area (Å²) in [6, 6.07) is 2.52. The summed E-state index contributed by atoms with van der Waals surface area (Å²) in [6.45, 7) is 3.00. The van der Waals surface area contributed by atoms with E-state index in [4.69, 9.17) is 10.2 Å². The van der Waals surface area contributed by atoms with E-state index >= 15 is 0 Å². The number of hydrogen-bond donors (Lipinski definition) is 0. The van der Waals surface area contributed by atoms with Gasteiger partial charge in [0, 0.05) is 37.1 Å². The Morgan fingerprint density at radius 3 is 3.05 bits per heavy atom. The van der Waals surface area contributed by atoms with E-state index in [0.29, 0.717) is 11.6 Å². The summed E-state index contributed by atoms with van der Waals surface area (Å²) < 4.78 is 1.94. The molecule has 1 saturated heterocycles. The summed E-state index contributed by atoms with van der Waals surface area (Å²) >= 11 is 1.82. The van der Waals surface area contributed by atoms with E-state index < -0.39 is 0 Å². The van der Waals surface area contributed by atoms with Gasteiger partial charge < -0.3 is 0 Å². The maximum atomic E-state index is 8.87. The number of nitriles is 1. The zero-order valence-corrected chi connectivity index (χ0v) is 12.6. The first-order valence-electron chi connectivity index (χ1n) is 7.43. The molecule has 0 radical (unpaired) electrons. The van der Waals surface area contributed by atoms with Crippen molar-refractivity contribution in [2.24, 2.45) is 0 Å². The fraction of sp³-hybridized carbons (Fsp3) is 0.533. The van der Waals surface area contributed by atoms with Crippen molar-refractivity contribution in [2.45, 2.75) is 37.8 Å². The topological polar surface area (TPSA) is 57.7 Å². The fourth-order valence-electron chi connectivity index (χ4n) is 2.91. The average Bonchev–Trinajstić information content (AvgIpc) is 2.95. The Kier molecular flexibility index (Phi) is 3.24. The van der Waals surface area contributed by atoms with Gasteiger partial charge in [0.05, 0.1) is 28.5 Å². The summed E-state index contributed by atoms with van der Waals surface area (Å²) in [6.07, 6.45) is 7.22. The number of thiazole rings is 1. The van der Waals surface area contributed by atoms with Crippen molar-refractivity contribution in [3.63, 3.8) is 0 Å². The van der Waals surface area contributed by atoms with E-state index in [2.05, 4.69) is 21.4 Å². The smallest absolute Gasteiger partial charge is 0.102 e.